The number of hydrogen-bond donors (Lipinski definition) is 0. The highest BCUT2D eigenvalue weighted by Gasteiger charge is 2.34. The molecule has 1 atom stereocenters. The Hall–Kier alpha value is -2.05. The summed E-state index contributed by atoms with van der Waals surface area (Å²) in [6.45, 7) is 0.308. The Labute approximate surface area is 114 Å². The van der Waals surface area contributed by atoms with Crippen molar-refractivity contribution in [2.45, 2.75) is 25.3 Å². The van der Waals surface area contributed by atoms with Gasteiger partial charge in [0.05, 0.1) is 12.7 Å². The van der Waals surface area contributed by atoms with E-state index in [1.165, 1.54) is 12.0 Å². The summed E-state index contributed by atoms with van der Waals surface area (Å²) in [5.74, 6) is -3.90. The fourth-order valence-corrected chi connectivity index (χ4v) is 2.29. The zero-order valence-electron chi connectivity index (χ0n) is 10.9. The van der Waals surface area contributed by atoms with Gasteiger partial charge in [-0.3, -0.25) is 4.79 Å². The minimum absolute atomic E-state index is 0.308. The van der Waals surface area contributed by atoms with Crippen molar-refractivity contribution < 1.29 is 23.1 Å². The smallest absolute Gasteiger partial charge is 0.328 e. The Morgan fingerprint density at radius 3 is 2.85 bits per heavy atom. The maximum Gasteiger partial charge on any atom is 0.328 e. The quantitative estimate of drug-likeness (QED) is 0.610. The molecule has 0 spiro atoms. The van der Waals surface area contributed by atoms with Crippen molar-refractivity contribution in [3.05, 3.63) is 29.6 Å². The molecule has 1 fully saturated rings. The van der Waals surface area contributed by atoms with Crippen molar-refractivity contribution in [2.75, 3.05) is 13.7 Å². The van der Waals surface area contributed by atoms with Crippen LogP contribution in [0, 0.1) is 11.8 Å². The van der Waals surface area contributed by atoms with Gasteiger partial charge in [-0.25, -0.2) is 14.2 Å². The number of carbonyl (C=O) groups is 2. The van der Waals surface area contributed by atoms with Crippen LogP contribution in [0.2, 0.25) is 0 Å². The molecular formula is C13H14F2N2O3. The van der Waals surface area contributed by atoms with Gasteiger partial charge in [-0.05, 0) is 25.3 Å². The third-order valence-corrected chi connectivity index (χ3v) is 3.31. The van der Waals surface area contributed by atoms with Crippen LogP contribution in [-0.4, -0.2) is 41.5 Å². The molecule has 1 aliphatic rings. The number of ether oxygens (including phenoxy) is 1. The number of carbonyl (C=O) groups excluding carboxylic acids is 2. The molecule has 5 nitrogen and oxygen atoms in total. The van der Waals surface area contributed by atoms with E-state index >= 15 is 0 Å². The van der Waals surface area contributed by atoms with Crippen LogP contribution in [0.15, 0.2) is 12.3 Å². The molecule has 0 aromatic carbocycles. The fourth-order valence-electron chi connectivity index (χ4n) is 2.29. The van der Waals surface area contributed by atoms with Gasteiger partial charge >= 0.3 is 5.97 Å². The van der Waals surface area contributed by atoms with E-state index in [9.17, 15) is 18.4 Å². The molecule has 2 rings (SSSR count). The first-order valence-electron chi connectivity index (χ1n) is 6.25. The number of nitrogens with zero attached hydrogens (tertiary/aromatic N) is 2. The van der Waals surface area contributed by atoms with E-state index < -0.39 is 35.2 Å². The number of amides is 1. The van der Waals surface area contributed by atoms with Crippen molar-refractivity contribution in [3.8, 4) is 0 Å². The summed E-state index contributed by atoms with van der Waals surface area (Å²) >= 11 is 0. The van der Waals surface area contributed by atoms with Crippen LogP contribution in [0.5, 0.6) is 0 Å². The summed E-state index contributed by atoms with van der Waals surface area (Å²) < 4.78 is 31.3. The van der Waals surface area contributed by atoms with E-state index in [0.29, 0.717) is 19.4 Å². The van der Waals surface area contributed by atoms with Crippen molar-refractivity contribution in [1.82, 2.24) is 9.88 Å². The monoisotopic (exact) mass is 284 g/mol. The lowest BCUT2D eigenvalue weighted by atomic mass is 10.0. The van der Waals surface area contributed by atoms with Gasteiger partial charge < -0.3 is 9.64 Å². The van der Waals surface area contributed by atoms with Crippen LogP contribution >= 0.6 is 0 Å². The molecule has 1 saturated heterocycles. The summed E-state index contributed by atoms with van der Waals surface area (Å²) in [6, 6.07) is 0.348. The van der Waals surface area contributed by atoms with Gasteiger partial charge in [-0.15, -0.1) is 0 Å². The molecule has 1 aromatic rings. The molecule has 1 aromatic heterocycles. The molecule has 0 aliphatic carbocycles. The Morgan fingerprint density at radius 1 is 1.40 bits per heavy atom. The highest BCUT2D eigenvalue weighted by atomic mass is 19.2. The van der Waals surface area contributed by atoms with Gasteiger partial charge in [0.15, 0.2) is 5.82 Å². The second-order valence-electron chi connectivity index (χ2n) is 4.50. The van der Waals surface area contributed by atoms with Crippen LogP contribution < -0.4 is 0 Å². The van der Waals surface area contributed by atoms with Gasteiger partial charge in [-0.2, -0.15) is 4.39 Å². The highest BCUT2D eigenvalue weighted by Crippen LogP contribution is 2.22. The third kappa shape index (κ3) is 2.61. The van der Waals surface area contributed by atoms with E-state index in [1.54, 1.807) is 0 Å². The lowest BCUT2D eigenvalue weighted by Gasteiger charge is -2.33. The van der Waals surface area contributed by atoms with Gasteiger partial charge in [0.2, 0.25) is 5.95 Å². The van der Waals surface area contributed by atoms with Gasteiger partial charge in [0.25, 0.3) is 5.91 Å². The molecule has 20 heavy (non-hydrogen) atoms. The SMILES string of the molecule is COC(=O)[C@H]1CCCCN1C(=O)c1ccnc(F)c1F. The van der Waals surface area contributed by atoms with E-state index in [2.05, 4.69) is 9.72 Å². The Kier molecular flexibility index (Phi) is 4.26. The first-order chi connectivity index (χ1) is 9.56. The average Bonchev–Trinajstić information content (AvgIpc) is 2.48. The molecule has 1 amide bonds. The molecule has 7 heteroatoms. The Morgan fingerprint density at radius 2 is 2.15 bits per heavy atom. The van der Waals surface area contributed by atoms with Crippen molar-refractivity contribution in [1.29, 1.82) is 0 Å². The molecular weight excluding hydrogens is 270 g/mol. The molecule has 108 valence electrons. The van der Waals surface area contributed by atoms with Crippen LogP contribution in [-0.2, 0) is 9.53 Å². The minimum Gasteiger partial charge on any atom is -0.467 e. The van der Waals surface area contributed by atoms with Crippen molar-refractivity contribution >= 4 is 11.9 Å². The third-order valence-electron chi connectivity index (χ3n) is 3.31. The highest BCUT2D eigenvalue weighted by molar-refractivity contribution is 5.97. The lowest BCUT2D eigenvalue weighted by molar-refractivity contribution is -0.147. The maximum absolute atomic E-state index is 13.6. The van der Waals surface area contributed by atoms with E-state index in [-0.39, 0.29) is 0 Å². The Bertz CT molecular complexity index is 536. The van der Waals surface area contributed by atoms with E-state index in [0.717, 1.165) is 18.7 Å². The summed E-state index contributed by atoms with van der Waals surface area (Å²) in [7, 11) is 1.23. The van der Waals surface area contributed by atoms with Crippen LogP contribution in [0.1, 0.15) is 29.6 Å². The zero-order chi connectivity index (χ0) is 14.7. The largest absolute Gasteiger partial charge is 0.467 e. The lowest BCUT2D eigenvalue weighted by Crippen LogP contribution is -2.48. The van der Waals surface area contributed by atoms with Crippen LogP contribution in [0.3, 0.4) is 0 Å². The van der Waals surface area contributed by atoms with Gasteiger partial charge in [0.1, 0.15) is 6.04 Å². The standard InChI is InChI=1S/C13H14F2N2O3/c1-20-13(19)9-4-2-3-7-17(9)12(18)8-5-6-16-11(15)10(8)14/h5-6,9H,2-4,7H2,1H3/t9-/m1/s1. The number of methoxy groups -OCH3 is 1. The number of esters is 1. The minimum atomic E-state index is -1.33. The summed E-state index contributed by atoms with van der Waals surface area (Å²) in [4.78, 5) is 28.3. The second-order valence-corrected chi connectivity index (χ2v) is 4.50. The van der Waals surface area contributed by atoms with Gasteiger partial charge in [0, 0.05) is 12.7 Å². The molecule has 0 bridgehead atoms. The molecule has 0 saturated carbocycles. The number of pyridine rings is 1. The zero-order valence-corrected chi connectivity index (χ0v) is 10.9. The summed E-state index contributed by atoms with van der Waals surface area (Å²) in [5, 5.41) is 0. The molecule has 0 radical (unpaired) electrons. The number of rotatable bonds is 2. The predicted molar refractivity (Wildman–Crippen MR) is 64.8 cm³/mol. The van der Waals surface area contributed by atoms with Crippen LogP contribution in [0.25, 0.3) is 0 Å². The summed E-state index contributed by atoms with van der Waals surface area (Å²) in [6.07, 6.45) is 2.95. The molecule has 0 N–H and O–H groups in total. The van der Waals surface area contributed by atoms with E-state index in [4.69, 9.17) is 0 Å². The molecule has 0 unspecified atom stereocenters. The van der Waals surface area contributed by atoms with Crippen molar-refractivity contribution in [2.24, 2.45) is 0 Å². The normalized spacial score (nSPS) is 18.8. The Balaban J connectivity index is 2.30. The van der Waals surface area contributed by atoms with Gasteiger partial charge in [-0.1, -0.05) is 0 Å². The fraction of sp³-hybridized carbons (Fsp3) is 0.462. The topological polar surface area (TPSA) is 59.5 Å². The maximum atomic E-state index is 13.6. The molecule has 2 heterocycles. The summed E-state index contributed by atoms with van der Waals surface area (Å²) in [5.41, 5.74) is -0.423. The number of likely N-dealkylation sites (tertiary alicyclic amines) is 1. The first-order valence-corrected chi connectivity index (χ1v) is 6.25. The second kappa shape index (κ2) is 5.94. The number of aromatic nitrogens is 1. The van der Waals surface area contributed by atoms with E-state index in [1.807, 2.05) is 0 Å². The average molecular weight is 284 g/mol. The predicted octanol–water partition coefficient (Wildman–Crippen LogP) is 1.53. The number of halogens is 2. The number of piperidine rings is 1. The molecule has 1 aliphatic heterocycles. The van der Waals surface area contributed by atoms with Crippen molar-refractivity contribution in [3.63, 3.8) is 0 Å². The first kappa shape index (κ1) is 14.4. The number of hydrogen-bond acceptors (Lipinski definition) is 4. The van der Waals surface area contributed by atoms with Crippen LogP contribution in [0.4, 0.5) is 8.78 Å².